The van der Waals surface area contributed by atoms with E-state index in [2.05, 4.69) is 0 Å². The average molecular weight is 238 g/mol. The van der Waals surface area contributed by atoms with Crippen molar-refractivity contribution in [2.24, 2.45) is 5.73 Å². The van der Waals surface area contributed by atoms with E-state index in [1.54, 1.807) is 19.9 Å². The summed E-state index contributed by atoms with van der Waals surface area (Å²) in [4.78, 5) is 1.89. The molecule has 0 bridgehead atoms. The van der Waals surface area contributed by atoms with Crippen molar-refractivity contribution in [1.82, 2.24) is 0 Å². The summed E-state index contributed by atoms with van der Waals surface area (Å²) >= 11 is 0. The zero-order valence-electron chi connectivity index (χ0n) is 10.9. The number of hydrogen-bond donors (Lipinski definition) is 3. The highest BCUT2D eigenvalue weighted by Crippen LogP contribution is 2.28. The van der Waals surface area contributed by atoms with Crippen molar-refractivity contribution >= 4 is 5.69 Å². The molecule has 1 aromatic carbocycles. The Hall–Kier alpha value is -1.26. The van der Waals surface area contributed by atoms with Crippen LogP contribution in [0.1, 0.15) is 32.4 Å². The first-order valence-corrected chi connectivity index (χ1v) is 5.73. The van der Waals surface area contributed by atoms with Crippen LogP contribution in [-0.4, -0.2) is 29.4 Å². The van der Waals surface area contributed by atoms with E-state index in [0.717, 1.165) is 11.3 Å². The fourth-order valence-corrected chi connectivity index (χ4v) is 1.83. The molecule has 0 saturated heterocycles. The first-order chi connectivity index (χ1) is 7.70. The number of phenolic OH excluding ortho intramolecular Hbond substituents is 1. The molecule has 0 spiro atoms. The monoisotopic (exact) mass is 238 g/mol. The number of phenols is 1. The molecule has 0 aliphatic heterocycles. The van der Waals surface area contributed by atoms with Gasteiger partial charge in [-0.25, -0.2) is 0 Å². The van der Waals surface area contributed by atoms with Crippen molar-refractivity contribution in [1.29, 1.82) is 0 Å². The largest absolute Gasteiger partial charge is 0.508 e. The minimum atomic E-state index is -0.774. The van der Waals surface area contributed by atoms with Crippen molar-refractivity contribution < 1.29 is 10.2 Å². The number of hydrogen-bond acceptors (Lipinski definition) is 4. The van der Waals surface area contributed by atoms with Gasteiger partial charge >= 0.3 is 0 Å². The molecule has 0 fully saturated rings. The molecule has 1 rings (SSSR count). The van der Waals surface area contributed by atoms with E-state index < -0.39 is 5.60 Å². The van der Waals surface area contributed by atoms with Gasteiger partial charge in [0, 0.05) is 37.0 Å². The SMILES string of the molecule is CC(N)c1ccc(N(C)CC(C)(C)O)cc1O. The highest BCUT2D eigenvalue weighted by molar-refractivity contribution is 5.53. The lowest BCUT2D eigenvalue weighted by molar-refractivity contribution is 0.0886. The molecular formula is C13H22N2O2. The normalized spacial score (nSPS) is 13.5. The van der Waals surface area contributed by atoms with E-state index in [1.165, 1.54) is 0 Å². The van der Waals surface area contributed by atoms with E-state index >= 15 is 0 Å². The first-order valence-electron chi connectivity index (χ1n) is 5.73. The third-order valence-corrected chi connectivity index (χ3v) is 2.57. The van der Waals surface area contributed by atoms with Crippen LogP contribution in [0.3, 0.4) is 0 Å². The van der Waals surface area contributed by atoms with Gasteiger partial charge in [0.1, 0.15) is 5.75 Å². The number of rotatable bonds is 4. The number of likely N-dealkylation sites (N-methyl/N-ethyl adjacent to an activating group) is 1. The Labute approximate surface area is 103 Å². The molecule has 0 aromatic heterocycles. The molecule has 1 aromatic rings. The fraction of sp³-hybridized carbons (Fsp3) is 0.538. The maximum atomic E-state index is 9.84. The van der Waals surface area contributed by atoms with E-state index in [4.69, 9.17) is 5.73 Å². The van der Waals surface area contributed by atoms with Gasteiger partial charge in [-0.05, 0) is 26.8 Å². The fourth-order valence-electron chi connectivity index (χ4n) is 1.83. The van der Waals surface area contributed by atoms with Crippen molar-refractivity contribution in [3.63, 3.8) is 0 Å². The van der Waals surface area contributed by atoms with Crippen molar-refractivity contribution in [3.8, 4) is 5.75 Å². The van der Waals surface area contributed by atoms with E-state index in [9.17, 15) is 10.2 Å². The Balaban J connectivity index is 2.90. The van der Waals surface area contributed by atoms with Crippen LogP contribution in [0, 0.1) is 0 Å². The molecule has 0 heterocycles. The van der Waals surface area contributed by atoms with Gasteiger partial charge in [-0.2, -0.15) is 0 Å². The number of nitrogens with two attached hydrogens (primary N) is 1. The lowest BCUT2D eigenvalue weighted by atomic mass is 10.1. The quantitative estimate of drug-likeness (QED) is 0.745. The summed E-state index contributed by atoms with van der Waals surface area (Å²) in [5.74, 6) is 0.195. The van der Waals surface area contributed by atoms with Crippen molar-refractivity contribution in [2.45, 2.75) is 32.4 Å². The molecule has 4 nitrogen and oxygen atoms in total. The molecule has 0 aliphatic rings. The van der Waals surface area contributed by atoms with Crippen molar-refractivity contribution in [3.05, 3.63) is 23.8 Å². The summed E-state index contributed by atoms with van der Waals surface area (Å²) in [6.45, 7) is 5.82. The van der Waals surface area contributed by atoms with Gasteiger partial charge < -0.3 is 20.8 Å². The standard InChI is InChI=1S/C13H22N2O2/c1-9(14)11-6-5-10(7-12(11)16)15(4)8-13(2,3)17/h5-7,9,16-17H,8,14H2,1-4H3. The molecular weight excluding hydrogens is 216 g/mol. The zero-order valence-corrected chi connectivity index (χ0v) is 10.9. The topological polar surface area (TPSA) is 69.7 Å². The summed E-state index contributed by atoms with van der Waals surface area (Å²) < 4.78 is 0. The lowest BCUT2D eigenvalue weighted by Gasteiger charge is -2.27. The molecule has 4 heteroatoms. The maximum absolute atomic E-state index is 9.84. The van der Waals surface area contributed by atoms with Crippen molar-refractivity contribution in [2.75, 3.05) is 18.5 Å². The highest BCUT2D eigenvalue weighted by atomic mass is 16.3. The Morgan fingerprint density at radius 3 is 2.41 bits per heavy atom. The molecule has 1 unspecified atom stereocenters. The van der Waals surface area contributed by atoms with Crippen LogP contribution in [0.4, 0.5) is 5.69 Å². The molecule has 0 aliphatic carbocycles. The average Bonchev–Trinajstić information content (AvgIpc) is 2.14. The predicted octanol–water partition coefficient (Wildman–Crippen LogP) is 1.62. The number of anilines is 1. The Morgan fingerprint density at radius 2 is 2.00 bits per heavy atom. The molecule has 0 saturated carbocycles. The zero-order chi connectivity index (χ0) is 13.2. The lowest BCUT2D eigenvalue weighted by Crippen LogP contribution is -2.36. The van der Waals surface area contributed by atoms with Gasteiger partial charge in [0.2, 0.25) is 0 Å². The molecule has 4 N–H and O–H groups in total. The van der Waals surface area contributed by atoms with Gasteiger partial charge in [0.15, 0.2) is 0 Å². The van der Waals surface area contributed by atoms with Gasteiger partial charge in [0.05, 0.1) is 5.60 Å². The summed E-state index contributed by atoms with van der Waals surface area (Å²) in [6.07, 6.45) is 0. The predicted molar refractivity (Wildman–Crippen MR) is 70.3 cm³/mol. The highest BCUT2D eigenvalue weighted by Gasteiger charge is 2.17. The van der Waals surface area contributed by atoms with Crippen LogP contribution in [0.15, 0.2) is 18.2 Å². The Kier molecular flexibility index (Phi) is 4.01. The number of aliphatic hydroxyl groups is 1. The van der Waals surface area contributed by atoms with Gasteiger partial charge in [-0.15, -0.1) is 0 Å². The van der Waals surface area contributed by atoms with Gasteiger partial charge in [0.25, 0.3) is 0 Å². The number of nitrogens with zero attached hydrogens (tertiary/aromatic N) is 1. The minimum absolute atomic E-state index is 0.191. The molecule has 96 valence electrons. The van der Waals surface area contributed by atoms with Crippen LogP contribution in [0.5, 0.6) is 5.75 Å². The third kappa shape index (κ3) is 3.91. The van der Waals surface area contributed by atoms with E-state index in [-0.39, 0.29) is 11.8 Å². The summed E-state index contributed by atoms with van der Waals surface area (Å²) in [5.41, 5.74) is 6.54. The first kappa shape index (κ1) is 13.8. The summed E-state index contributed by atoms with van der Waals surface area (Å²) in [6, 6.07) is 5.19. The van der Waals surface area contributed by atoms with E-state index in [1.807, 2.05) is 31.0 Å². The van der Waals surface area contributed by atoms with E-state index in [0.29, 0.717) is 6.54 Å². The number of aromatic hydroxyl groups is 1. The molecule has 1 atom stereocenters. The summed E-state index contributed by atoms with van der Waals surface area (Å²) in [7, 11) is 1.87. The maximum Gasteiger partial charge on any atom is 0.122 e. The number of benzene rings is 1. The minimum Gasteiger partial charge on any atom is -0.508 e. The van der Waals surface area contributed by atoms with Crippen LogP contribution in [0.2, 0.25) is 0 Å². The molecule has 17 heavy (non-hydrogen) atoms. The Morgan fingerprint density at radius 1 is 1.41 bits per heavy atom. The third-order valence-electron chi connectivity index (χ3n) is 2.57. The molecule has 0 amide bonds. The van der Waals surface area contributed by atoms with Crippen LogP contribution >= 0.6 is 0 Å². The second-order valence-electron chi connectivity index (χ2n) is 5.20. The van der Waals surface area contributed by atoms with Gasteiger partial charge in [-0.3, -0.25) is 0 Å². The molecule has 0 radical (unpaired) electrons. The smallest absolute Gasteiger partial charge is 0.122 e. The van der Waals surface area contributed by atoms with Crippen LogP contribution < -0.4 is 10.6 Å². The summed E-state index contributed by atoms with van der Waals surface area (Å²) in [5, 5.41) is 19.6. The Bertz CT molecular complexity index is 383. The second kappa shape index (κ2) is 4.94. The second-order valence-corrected chi connectivity index (χ2v) is 5.20. The van der Waals surface area contributed by atoms with Crippen LogP contribution in [-0.2, 0) is 0 Å². The van der Waals surface area contributed by atoms with Crippen LogP contribution in [0.25, 0.3) is 0 Å². The van der Waals surface area contributed by atoms with Gasteiger partial charge in [-0.1, -0.05) is 6.07 Å².